The van der Waals surface area contributed by atoms with E-state index >= 15 is 0 Å². The molecule has 0 spiro atoms. The molecule has 0 saturated carbocycles. The molecule has 5 heteroatoms. The minimum atomic E-state index is -0.669. The maximum absolute atomic E-state index is 11.7. The number of rotatable bonds is 6. The van der Waals surface area contributed by atoms with Gasteiger partial charge in [0.1, 0.15) is 0 Å². The third kappa shape index (κ3) is 4.65. The van der Waals surface area contributed by atoms with Gasteiger partial charge >= 0.3 is 0 Å². The van der Waals surface area contributed by atoms with E-state index in [9.17, 15) is 9.90 Å². The van der Waals surface area contributed by atoms with Gasteiger partial charge in [0.05, 0.1) is 24.3 Å². The van der Waals surface area contributed by atoms with E-state index in [1.165, 1.54) is 4.90 Å². The number of benzene rings is 1. The van der Waals surface area contributed by atoms with Crippen LogP contribution in [0.1, 0.15) is 24.2 Å². The number of aliphatic hydroxyl groups excluding tert-OH is 1. The average molecular weight is 275 g/mol. The van der Waals surface area contributed by atoms with Crippen LogP contribution in [0, 0.1) is 11.3 Å². The smallest absolute Gasteiger partial charge is 0.236 e. The number of nitriles is 1. The van der Waals surface area contributed by atoms with Gasteiger partial charge in [0.2, 0.25) is 5.91 Å². The van der Waals surface area contributed by atoms with Crippen molar-refractivity contribution in [1.82, 2.24) is 9.80 Å². The fraction of sp³-hybridized carbons (Fsp3) is 0.467. The normalized spacial score (nSPS) is 12.0. The Bertz CT molecular complexity index is 477. The number of hydrogen-bond donors (Lipinski definition) is 1. The summed E-state index contributed by atoms with van der Waals surface area (Å²) in [4.78, 5) is 15.1. The van der Waals surface area contributed by atoms with Gasteiger partial charge in [0.15, 0.2) is 0 Å². The fourth-order valence-electron chi connectivity index (χ4n) is 1.77. The first-order valence-electron chi connectivity index (χ1n) is 6.58. The average Bonchev–Trinajstić information content (AvgIpc) is 2.46. The van der Waals surface area contributed by atoms with Crippen molar-refractivity contribution in [2.75, 3.05) is 33.7 Å². The SMILES string of the molecule is CCN(CC(=O)N(C)C)CC(O)c1ccc(C#N)cc1. The Balaban J connectivity index is 2.64. The molecule has 1 aromatic rings. The highest BCUT2D eigenvalue weighted by molar-refractivity contribution is 5.77. The van der Waals surface area contributed by atoms with Crippen molar-refractivity contribution in [3.8, 4) is 6.07 Å². The second-order valence-corrected chi connectivity index (χ2v) is 4.87. The van der Waals surface area contributed by atoms with Crippen LogP contribution in [-0.2, 0) is 4.79 Å². The Kier molecular flexibility index (Phi) is 6.16. The molecule has 5 nitrogen and oxygen atoms in total. The van der Waals surface area contributed by atoms with Crippen LogP contribution in [0.25, 0.3) is 0 Å². The third-order valence-electron chi connectivity index (χ3n) is 3.16. The molecule has 20 heavy (non-hydrogen) atoms. The second-order valence-electron chi connectivity index (χ2n) is 4.87. The molecule has 108 valence electrons. The summed E-state index contributed by atoms with van der Waals surface area (Å²) < 4.78 is 0. The lowest BCUT2D eigenvalue weighted by Crippen LogP contribution is -2.38. The molecule has 0 radical (unpaired) electrons. The lowest BCUT2D eigenvalue weighted by Gasteiger charge is -2.24. The highest BCUT2D eigenvalue weighted by Gasteiger charge is 2.16. The van der Waals surface area contributed by atoms with Gasteiger partial charge in [0, 0.05) is 20.6 Å². The van der Waals surface area contributed by atoms with Crippen LogP contribution in [0.2, 0.25) is 0 Å². The monoisotopic (exact) mass is 275 g/mol. The van der Waals surface area contributed by atoms with E-state index in [0.717, 1.165) is 5.56 Å². The summed E-state index contributed by atoms with van der Waals surface area (Å²) in [5.74, 6) is 0.0129. The van der Waals surface area contributed by atoms with Crippen LogP contribution in [0.3, 0.4) is 0 Å². The van der Waals surface area contributed by atoms with Gasteiger partial charge in [-0.15, -0.1) is 0 Å². The number of amides is 1. The third-order valence-corrected chi connectivity index (χ3v) is 3.16. The van der Waals surface area contributed by atoms with Crippen LogP contribution < -0.4 is 0 Å². The molecule has 0 aliphatic heterocycles. The number of carbonyl (C=O) groups is 1. The van der Waals surface area contributed by atoms with E-state index in [2.05, 4.69) is 0 Å². The van der Waals surface area contributed by atoms with E-state index < -0.39 is 6.10 Å². The predicted octanol–water partition coefficient (Wildman–Crippen LogP) is 1.00. The summed E-state index contributed by atoms with van der Waals surface area (Å²) in [6.45, 7) is 3.32. The molecule has 0 bridgehead atoms. The van der Waals surface area contributed by atoms with Gasteiger partial charge in [-0.05, 0) is 24.2 Å². The van der Waals surface area contributed by atoms with Crippen LogP contribution in [0.4, 0.5) is 0 Å². The first kappa shape index (κ1) is 16.2. The molecular formula is C15H21N3O2. The van der Waals surface area contributed by atoms with Gasteiger partial charge in [-0.25, -0.2) is 0 Å². The van der Waals surface area contributed by atoms with Crippen molar-refractivity contribution in [3.05, 3.63) is 35.4 Å². The number of nitrogens with zero attached hydrogens (tertiary/aromatic N) is 3. The van der Waals surface area contributed by atoms with Crippen molar-refractivity contribution in [2.24, 2.45) is 0 Å². The number of hydrogen-bond acceptors (Lipinski definition) is 4. The molecule has 0 aromatic heterocycles. The molecule has 1 unspecified atom stereocenters. The maximum atomic E-state index is 11.7. The van der Waals surface area contributed by atoms with Crippen molar-refractivity contribution < 1.29 is 9.90 Å². The highest BCUT2D eigenvalue weighted by atomic mass is 16.3. The largest absolute Gasteiger partial charge is 0.387 e. The molecule has 0 saturated heterocycles. The Morgan fingerprint density at radius 1 is 1.35 bits per heavy atom. The molecule has 0 fully saturated rings. The molecule has 1 amide bonds. The Hall–Kier alpha value is -1.90. The Morgan fingerprint density at radius 2 is 1.95 bits per heavy atom. The summed E-state index contributed by atoms with van der Waals surface area (Å²) in [6.07, 6.45) is -0.669. The lowest BCUT2D eigenvalue weighted by molar-refractivity contribution is -0.130. The lowest BCUT2D eigenvalue weighted by atomic mass is 10.1. The molecular weight excluding hydrogens is 254 g/mol. The minimum absolute atomic E-state index is 0.0129. The van der Waals surface area contributed by atoms with E-state index in [0.29, 0.717) is 18.7 Å². The Morgan fingerprint density at radius 3 is 2.40 bits per heavy atom. The molecule has 1 N–H and O–H groups in total. The molecule has 0 aliphatic rings. The minimum Gasteiger partial charge on any atom is -0.387 e. The van der Waals surface area contributed by atoms with Gasteiger partial charge in [-0.3, -0.25) is 9.69 Å². The van der Waals surface area contributed by atoms with Crippen molar-refractivity contribution in [2.45, 2.75) is 13.0 Å². The molecule has 1 aromatic carbocycles. The first-order chi connectivity index (χ1) is 9.47. The standard InChI is InChI=1S/C15H21N3O2/c1-4-18(11-15(20)17(2)3)10-14(19)13-7-5-12(9-16)6-8-13/h5-8,14,19H,4,10-11H2,1-3H3. The predicted molar refractivity (Wildman–Crippen MR) is 76.9 cm³/mol. The molecule has 1 rings (SSSR count). The topological polar surface area (TPSA) is 67.6 Å². The van der Waals surface area contributed by atoms with Crippen LogP contribution in [0.5, 0.6) is 0 Å². The fourth-order valence-corrected chi connectivity index (χ4v) is 1.77. The number of aliphatic hydroxyl groups is 1. The van der Waals surface area contributed by atoms with Gasteiger partial charge in [-0.2, -0.15) is 5.26 Å². The van der Waals surface area contributed by atoms with Crippen LogP contribution in [0.15, 0.2) is 24.3 Å². The Labute approximate surface area is 120 Å². The van der Waals surface area contributed by atoms with Crippen LogP contribution >= 0.6 is 0 Å². The second kappa shape index (κ2) is 7.63. The van der Waals surface area contributed by atoms with Gasteiger partial charge < -0.3 is 10.0 Å². The zero-order valence-corrected chi connectivity index (χ0v) is 12.2. The van der Waals surface area contributed by atoms with Crippen molar-refractivity contribution >= 4 is 5.91 Å². The zero-order valence-electron chi connectivity index (χ0n) is 12.2. The molecule has 1 atom stereocenters. The molecule has 0 aliphatic carbocycles. The summed E-state index contributed by atoms with van der Waals surface area (Å²) in [5.41, 5.74) is 1.32. The van der Waals surface area contributed by atoms with E-state index in [-0.39, 0.29) is 12.5 Å². The van der Waals surface area contributed by atoms with Crippen LogP contribution in [-0.4, -0.2) is 54.5 Å². The highest BCUT2D eigenvalue weighted by Crippen LogP contribution is 2.15. The zero-order chi connectivity index (χ0) is 15.1. The van der Waals surface area contributed by atoms with Gasteiger partial charge in [-0.1, -0.05) is 19.1 Å². The quantitative estimate of drug-likeness (QED) is 0.841. The van der Waals surface area contributed by atoms with Gasteiger partial charge in [0.25, 0.3) is 0 Å². The van der Waals surface area contributed by atoms with Crippen molar-refractivity contribution in [1.29, 1.82) is 5.26 Å². The van der Waals surface area contributed by atoms with E-state index in [4.69, 9.17) is 5.26 Å². The molecule has 0 heterocycles. The summed E-state index contributed by atoms with van der Waals surface area (Å²) in [7, 11) is 3.43. The summed E-state index contributed by atoms with van der Waals surface area (Å²) in [5, 5.41) is 18.9. The first-order valence-corrected chi connectivity index (χ1v) is 6.58. The number of carbonyl (C=O) groups excluding carboxylic acids is 1. The van der Waals surface area contributed by atoms with E-state index in [1.54, 1.807) is 38.4 Å². The number of likely N-dealkylation sites (N-methyl/N-ethyl adjacent to an activating group) is 2. The van der Waals surface area contributed by atoms with Crippen molar-refractivity contribution in [3.63, 3.8) is 0 Å². The van der Waals surface area contributed by atoms with E-state index in [1.807, 2.05) is 17.9 Å². The summed E-state index contributed by atoms with van der Waals surface area (Å²) in [6, 6.07) is 8.88. The maximum Gasteiger partial charge on any atom is 0.236 e. The summed E-state index contributed by atoms with van der Waals surface area (Å²) >= 11 is 0.